The van der Waals surface area contributed by atoms with Gasteiger partial charge in [-0.1, -0.05) is 17.7 Å². The first-order chi connectivity index (χ1) is 11.5. The lowest BCUT2D eigenvalue weighted by Crippen LogP contribution is -2.21. The van der Waals surface area contributed by atoms with E-state index < -0.39 is 0 Å². The van der Waals surface area contributed by atoms with Crippen LogP contribution in [0.15, 0.2) is 36.4 Å². The fourth-order valence-electron chi connectivity index (χ4n) is 2.47. The monoisotopic (exact) mass is 344 g/mol. The lowest BCUT2D eigenvalue weighted by Gasteiger charge is -2.17. The predicted octanol–water partition coefficient (Wildman–Crippen LogP) is 3.55. The molecule has 0 atom stereocenters. The molecule has 1 aliphatic heterocycles. The minimum Gasteiger partial charge on any atom is -0.484 e. The minimum absolute atomic E-state index is 0.0207. The highest BCUT2D eigenvalue weighted by Gasteiger charge is 2.15. The lowest BCUT2D eigenvalue weighted by atomic mass is 10.0. The number of anilines is 2. The second kappa shape index (κ2) is 6.93. The van der Waals surface area contributed by atoms with Crippen molar-refractivity contribution in [3.05, 3.63) is 52.5 Å². The number of rotatable bonds is 4. The Morgan fingerprint density at radius 1 is 1.25 bits per heavy atom. The van der Waals surface area contributed by atoms with E-state index in [1.54, 1.807) is 24.3 Å². The average molecular weight is 345 g/mol. The smallest absolute Gasteiger partial charge is 0.262 e. The second-order valence-corrected chi connectivity index (χ2v) is 6.08. The summed E-state index contributed by atoms with van der Waals surface area (Å²) in [6, 6.07) is 10.7. The molecule has 0 aliphatic carbocycles. The summed E-state index contributed by atoms with van der Waals surface area (Å²) in [6.45, 7) is 1.80. The molecule has 2 aromatic carbocycles. The van der Waals surface area contributed by atoms with Crippen molar-refractivity contribution < 1.29 is 14.3 Å². The molecule has 0 saturated heterocycles. The molecule has 6 heteroatoms. The van der Waals surface area contributed by atoms with E-state index >= 15 is 0 Å². The Kier molecular flexibility index (Phi) is 4.71. The van der Waals surface area contributed by atoms with Gasteiger partial charge in [0.2, 0.25) is 5.91 Å². The number of benzene rings is 2. The van der Waals surface area contributed by atoms with Crippen molar-refractivity contribution in [2.24, 2.45) is 0 Å². The molecule has 2 amide bonds. The maximum atomic E-state index is 12.0. The van der Waals surface area contributed by atoms with Crippen LogP contribution in [0.25, 0.3) is 0 Å². The number of hydrogen-bond donors (Lipinski definition) is 2. The van der Waals surface area contributed by atoms with E-state index in [0.29, 0.717) is 29.3 Å². The molecule has 0 aromatic heterocycles. The molecule has 3 rings (SSSR count). The number of fused-ring (bicyclic) bond motifs is 1. The lowest BCUT2D eigenvalue weighted by molar-refractivity contribution is -0.118. The number of carbonyl (C=O) groups excluding carboxylic acids is 2. The molecule has 1 heterocycles. The zero-order chi connectivity index (χ0) is 17.1. The van der Waals surface area contributed by atoms with Crippen LogP contribution in [0.1, 0.15) is 17.5 Å². The van der Waals surface area contributed by atoms with E-state index in [4.69, 9.17) is 16.3 Å². The second-order valence-electron chi connectivity index (χ2n) is 5.67. The van der Waals surface area contributed by atoms with Crippen molar-refractivity contribution >= 4 is 34.8 Å². The molecule has 24 heavy (non-hydrogen) atoms. The van der Waals surface area contributed by atoms with E-state index in [9.17, 15) is 9.59 Å². The first kappa shape index (κ1) is 16.3. The highest BCUT2D eigenvalue weighted by atomic mass is 35.5. The van der Waals surface area contributed by atoms with Gasteiger partial charge in [0.05, 0.1) is 0 Å². The number of hydrogen-bond acceptors (Lipinski definition) is 3. The maximum Gasteiger partial charge on any atom is 0.262 e. The van der Waals surface area contributed by atoms with Gasteiger partial charge in [-0.05, 0) is 54.8 Å². The van der Waals surface area contributed by atoms with Crippen LogP contribution in [-0.2, 0) is 16.0 Å². The van der Waals surface area contributed by atoms with Crippen LogP contribution in [0.3, 0.4) is 0 Å². The fraction of sp³-hybridized carbons (Fsp3) is 0.222. The van der Waals surface area contributed by atoms with Gasteiger partial charge < -0.3 is 15.4 Å². The van der Waals surface area contributed by atoms with Gasteiger partial charge in [-0.3, -0.25) is 9.59 Å². The van der Waals surface area contributed by atoms with Crippen LogP contribution in [0.5, 0.6) is 5.75 Å². The topological polar surface area (TPSA) is 67.4 Å². The Morgan fingerprint density at radius 2 is 2.08 bits per heavy atom. The maximum absolute atomic E-state index is 12.0. The van der Waals surface area contributed by atoms with Gasteiger partial charge in [-0.25, -0.2) is 0 Å². The van der Waals surface area contributed by atoms with Gasteiger partial charge in [0.25, 0.3) is 5.91 Å². The Bertz CT molecular complexity index is 805. The Balaban J connectivity index is 1.58. The van der Waals surface area contributed by atoms with Crippen LogP contribution in [-0.4, -0.2) is 18.4 Å². The third-order valence-electron chi connectivity index (χ3n) is 3.80. The summed E-state index contributed by atoms with van der Waals surface area (Å²) in [5.74, 6) is 0.357. The molecular formula is C18H17ClN2O3. The third-order valence-corrected chi connectivity index (χ3v) is 4.20. The van der Waals surface area contributed by atoms with Gasteiger partial charge in [0, 0.05) is 22.8 Å². The Hall–Kier alpha value is -2.53. The van der Waals surface area contributed by atoms with E-state index in [0.717, 1.165) is 16.8 Å². The summed E-state index contributed by atoms with van der Waals surface area (Å²) in [5, 5.41) is 6.15. The van der Waals surface area contributed by atoms with Crippen LogP contribution >= 0.6 is 11.6 Å². The molecule has 0 saturated carbocycles. The molecule has 2 aromatic rings. The molecule has 0 fully saturated rings. The average Bonchev–Trinajstić information content (AvgIpc) is 2.56. The van der Waals surface area contributed by atoms with Gasteiger partial charge in [-0.2, -0.15) is 0 Å². The summed E-state index contributed by atoms with van der Waals surface area (Å²) in [4.78, 5) is 23.3. The largest absolute Gasteiger partial charge is 0.484 e. The standard InChI is InChI=1S/C18H17ClN2O3/c1-11-2-4-13(9-15(11)19)20-18(23)10-24-14-5-6-16-12(8-14)3-7-17(22)21-16/h2,4-6,8-9H,3,7,10H2,1H3,(H,20,23)(H,21,22). The summed E-state index contributed by atoms with van der Waals surface area (Å²) in [5.41, 5.74) is 3.40. The van der Waals surface area contributed by atoms with Crippen molar-refractivity contribution in [3.63, 3.8) is 0 Å². The fourth-order valence-corrected chi connectivity index (χ4v) is 2.65. The normalized spacial score (nSPS) is 13.0. The molecular weight excluding hydrogens is 328 g/mol. The number of halogens is 1. The highest BCUT2D eigenvalue weighted by molar-refractivity contribution is 6.31. The summed E-state index contributed by atoms with van der Waals surface area (Å²) < 4.78 is 5.53. The zero-order valence-electron chi connectivity index (χ0n) is 13.2. The summed E-state index contributed by atoms with van der Waals surface area (Å²) in [6.07, 6.45) is 1.14. The molecule has 0 bridgehead atoms. The summed E-state index contributed by atoms with van der Waals surface area (Å²) in [7, 11) is 0. The van der Waals surface area contributed by atoms with Crippen molar-refractivity contribution in [1.29, 1.82) is 0 Å². The van der Waals surface area contributed by atoms with E-state index in [-0.39, 0.29) is 18.4 Å². The number of carbonyl (C=O) groups is 2. The van der Waals surface area contributed by atoms with Gasteiger partial charge in [-0.15, -0.1) is 0 Å². The Morgan fingerprint density at radius 3 is 2.88 bits per heavy atom. The van der Waals surface area contributed by atoms with Crippen LogP contribution in [0.4, 0.5) is 11.4 Å². The van der Waals surface area contributed by atoms with Crippen LogP contribution < -0.4 is 15.4 Å². The van der Waals surface area contributed by atoms with Crippen molar-refractivity contribution in [3.8, 4) is 5.75 Å². The number of amides is 2. The number of aryl methyl sites for hydroxylation is 2. The van der Waals surface area contributed by atoms with Gasteiger partial charge >= 0.3 is 0 Å². The highest BCUT2D eigenvalue weighted by Crippen LogP contribution is 2.26. The summed E-state index contributed by atoms with van der Waals surface area (Å²) >= 11 is 6.04. The van der Waals surface area contributed by atoms with E-state index in [1.807, 2.05) is 19.1 Å². The zero-order valence-corrected chi connectivity index (χ0v) is 13.9. The van der Waals surface area contributed by atoms with Crippen molar-refractivity contribution in [1.82, 2.24) is 0 Å². The van der Waals surface area contributed by atoms with Crippen molar-refractivity contribution in [2.75, 3.05) is 17.2 Å². The van der Waals surface area contributed by atoms with E-state index in [1.165, 1.54) is 0 Å². The molecule has 1 aliphatic rings. The van der Waals surface area contributed by atoms with Crippen molar-refractivity contribution in [2.45, 2.75) is 19.8 Å². The van der Waals surface area contributed by atoms with Crippen LogP contribution in [0, 0.1) is 6.92 Å². The van der Waals surface area contributed by atoms with Crippen LogP contribution in [0.2, 0.25) is 5.02 Å². The molecule has 0 spiro atoms. The molecule has 0 radical (unpaired) electrons. The predicted molar refractivity (Wildman–Crippen MR) is 93.7 cm³/mol. The number of ether oxygens (including phenoxy) is 1. The van der Waals surface area contributed by atoms with E-state index in [2.05, 4.69) is 10.6 Å². The SMILES string of the molecule is Cc1ccc(NC(=O)COc2ccc3c(c2)CCC(=O)N3)cc1Cl. The number of nitrogens with one attached hydrogen (secondary N) is 2. The quantitative estimate of drug-likeness (QED) is 0.891. The van der Waals surface area contributed by atoms with Gasteiger partial charge in [0.1, 0.15) is 5.75 Å². The molecule has 2 N–H and O–H groups in total. The van der Waals surface area contributed by atoms with Gasteiger partial charge in [0.15, 0.2) is 6.61 Å². The first-order valence-corrected chi connectivity index (χ1v) is 8.00. The third kappa shape index (κ3) is 3.86. The molecule has 124 valence electrons. The first-order valence-electron chi connectivity index (χ1n) is 7.63. The molecule has 5 nitrogen and oxygen atoms in total. The minimum atomic E-state index is -0.263. The molecule has 0 unspecified atom stereocenters. The Labute approximate surface area is 145 Å².